The number of amides is 2. The van der Waals surface area contributed by atoms with Gasteiger partial charge in [0.1, 0.15) is 5.82 Å². The fourth-order valence-corrected chi connectivity index (χ4v) is 4.51. The minimum Gasteiger partial charge on any atom is -0.381 e. The third-order valence-corrected chi connectivity index (χ3v) is 6.23. The first-order chi connectivity index (χ1) is 14.0. The van der Waals surface area contributed by atoms with Crippen LogP contribution in [0.5, 0.6) is 0 Å². The lowest BCUT2D eigenvalue weighted by Crippen LogP contribution is -2.42. The third-order valence-electron chi connectivity index (χ3n) is 6.23. The van der Waals surface area contributed by atoms with E-state index in [0.29, 0.717) is 37.6 Å². The molecule has 4 rings (SSSR count). The molecule has 0 radical (unpaired) electrons. The van der Waals surface area contributed by atoms with E-state index in [4.69, 9.17) is 4.74 Å². The minimum absolute atomic E-state index is 0.0361. The van der Waals surface area contributed by atoms with Crippen LogP contribution in [0.25, 0.3) is 0 Å². The molecule has 2 aromatic rings. The predicted molar refractivity (Wildman–Crippen MR) is 108 cm³/mol. The van der Waals surface area contributed by atoms with Gasteiger partial charge in [0.25, 0.3) is 5.91 Å². The van der Waals surface area contributed by atoms with Gasteiger partial charge in [-0.2, -0.15) is 0 Å². The molecule has 152 valence electrons. The number of benzene rings is 2. The number of carbonyl (C=O) groups excluding carboxylic acids is 2. The van der Waals surface area contributed by atoms with Gasteiger partial charge in [-0.25, -0.2) is 4.39 Å². The first-order valence-electron chi connectivity index (χ1n) is 9.98. The van der Waals surface area contributed by atoms with E-state index in [1.54, 1.807) is 12.1 Å². The van der Waals surface area contributed by atoms with Crippen LogP contribution in [-0.4, -0.2) is 43.0 Å². The second-order valence-corrected chi connectivity index (χ2v) is 8.02. The van der Waals surface area contributed by atoms with Crippen LogP contribution in [0, 0.1) is 24.1 Å². The Hall–Kier alpha value is -2.73. The molecule has 0 saturated carbocycles. The van der Waals surface area contributed by atoms with Crippen LogP contribution in [0.15, 0.2) is 48.5 Å². The summed E-state index contributed by atoms with van der Waals surface area (Å²) in [6.07, 6.45) is 1.48. The normalized spacial score (nSPS) is 20.6. The van der Waals surface area contributed by atoms with Crippen molar-refractivity contribution in [1.82, 2.24) is 4.90 Å². The lowest BCUT2D eigenvalue weighted by molar-refractivity contribution is -0.124. The number of halogens is 1. The van der Waals surface area contributed by atoms with Gasteiger partial charge in [-0.3, -0.25) is 9.59 Å². The number of likely N-dealkylation sites (tertiary alicyclic amines) is 1. The van der Waals surface area contributed by atoms with Gasteiger partial charge in [-0.15, -0.1) is 0 Å². The van der Waals surface area contributed by atoms with Crippen molar-refractivity contribution >= 4 is 17.5 Å². The Labute approximate surface area is 169 Å². The lowest BCUT2D eigenvalue weighted by atomic mass is 9.71. The van der Waals surface area contributed by atoms with E-state index < -0.39 is 0 Å². The summed E-state index contributed by atoms with van der Waals surface area (Å²) in [5.74, 6) is -0.839. The van der Waals surface area contributed by atoms with Gasteiger partial charge in [0.05, 0.1) is 5.92 Å². The van der Waals surface area contributed by atoms with Gasteiger partial charge in [-0.05, 0) is 55.7 Å². The maximum atomic E-state index is 13.2. The summed E-state index contributed by atoms with van der Waals surface area (Å²) in [4.78, 5) is 28.1. The highest BCUT2D eigenvalue weighted by Gasteiger charge is 2.51. The Kier molecular flexibility index (Phi) is 5.37. The topological polar surface area (TPSA) is 58.6 Å². The Morgan fingerprint density at radius 3 is 2.48 bits per heavy atom. The van der Waals surface area contributed by atoms with E-state index in [1.807, 2.05) is 36.1 Å². The third kappa shape index (κ3) is 3.90. The standard InChI is InChI=1S/C23H25FN2O3/c1-16-4-2-3-5-19(16)22(28)26-14-20(23(15-26)10-12-29-13-11-23)21(27)25-18-8-6-17(24)7-9-18/h2-9,20H,10-15H2,1H3,(H,25,27). The summed E-state index contributed by atoms with van der Waals surface area (Å²) >= 11 is 0. The summed E-state index contributed by atoms with van der Waals surface area (Å²) in [7, 11) is 0. The second-order valence-electron chi connectivity index (χ2n) is 8.02. The number of carbonyl (C=O) groups is 2. The van der Waals surface area contributed by atoms with Gasteiger partial charge >= 0.3 is 0 Å². The minimum atomic E-state index is -0.347. The quantitative estimate of drug-likeness (QED) is 0.862. The highest BCUT2D eigenvalue weighted by atomic mass is 19.1. The van der Waals surface area contributed by atoms with Crippen LogP contribution in [-0.2, 0) is 9.53 Å². The Balaban J connectivity index is 1.57. The summed E-state index contributed by atoms with van der Waals surface area (Å²) in [6, 6.07) is 13.3. The molecule has 2 aliphatic rings. The summed E-state index contributed by atoms with van der Waals surface area (Å²) < 4.78 is 18.7. The summed E-state index contributed by atoms with van der Waals surface area (Å²) in [5.41, 5.74) is 1.87. The smallest absolute Gasteiger partial charge is 0.254 e. The van der Waals surface area contributed by atoms with Crippen LogP contribution < -0.4 is 5.32 Å². The van der Waals surface area contributed by atoms with Crippen molar-refractivity contribution in [2.45, 2.75) is 19.8 Å². The first kappa shape index (κ1) is 19.6. The van der Waals surface area contributed by atoms with Crippen molar-refractivity contribution in [3.8, 4) is 0 Å². The zero-order valence-corrected chi connectivity index (χ0v) is 16.5. The fraction of sp³-hybridized carbons (Fsp3) is 0.391. The van der Waals surface area contributed by atoms with Crippen LogP contribution in [0.1, 0.15) is 28.8 Å². The van der Waals surface area contributed by atoms with Crippen LogP contribution in [0.4, 0.5) is 10.1 Å². The van der Waals surface area contributed by atoms with Crippen LogP contribution in [0.3, 0.4) is 0 Å². The second kappa shape index (κ2) is 7.95. The summed E-state index contributed by atoms with van der Waals surface area (Å²) in [5, 5.41) is 2.91. The van der Waals surface area contributed by atoms with Crippen LogP contribution in [0.2, 0.25) is 0 Å². The molecule has 0 aliphatic carbocycles. The molecule has 2 amide bonds. The molecule has 1 atom stereocenters. The fourth-order valence-electron chi connectivity index (χ4n) is 4.51. The van der Waals surface area contributed by atoms with Gasteiger partial charge in [-0.1, -0.05) is 18.2 Å². The monoisotopic (exact) mass is 396 g/mol. The molecule has 0 bridgehead atoms. The zero-order chi connectivity index (χ0) is 20.4. The number of hydrogen-bond donors (Lipinski definition) is 1. The molecule has 0 aromatic heterocycles. The SMILES string of the molecule is Cc1ccccc1C(=O)N1CC(C(=O)Nc2ccc(F)cc2)C2(CCOCC2)C1. The highest BCUT2D eigenvalue weighted by Crippen LogP contribution is 2.45. The molecule has 1 N–H and O–H groups in total. The average molecular weight is 396 g/mol. The maximum Gasteiger partial charge on any atom is 0.254 e. The van der Waals surface area contributed by atoms with E-state index in [1.165, 1.54) is 12.1 Å². The number of nitrogens with zero attached hydrogens (tertiary/aromatic N) is 1. The number of hydrogen-bond acceptors (Lipinski definition) is 3. The number of rotatable bonds is 3. The first-order valence-corrected chi connectivity index (χ1v) is 9.98. The Morgan fingerprint density at radius 1 is 1.10 bits per heavy atom. The predicted octanol–water partition coefficient (Wildman–Crippen LogP) is 3.64. The lowest BCUT2D eigenvalue weighted by Gasteiger charge is -2.37. The van der Waals surface area contributed by atoms with E-state index in [2.05, 4.69) is 5.32 Å². The molecule has 2 fully saturated rings. The largest absolute Gasteiger partial charge is 0.381 e. The van der Waals surface area contributed by atoms with Crippen molar-refractivity contribution in [2.24, 2.45) is 11.3 Å². The Morgan fingerprint density at radius 2 is 1.79 bits per heavy atom. The molecule has 2 saturated heterocycles. The van der Waals surface area contributed by atoms with Crippen molar-refractivity contribution in [2.75, 3.05) is 31.6 Å². The van der Waals surface area contributed by atoms with Crippen LogP contribution >= 0.6 is 0 Å². The van der Waals surface area contributed by atoms with Gasteiger partial charge < -0.3 is 15.0 Å². The number of nitrogens with one attached hydrogen (secondary N) is 1. The van der Waals surface area contributed by atoms with E-state index in [0.717, 1.165) is 18.4 Å². The van der Waals surface area contributed by atoms with Gasteiger partial charge in [0.2, 0.25) is 5.91 Å². The molecule has 5 nitrogen and oxygen atoms in total. The number of ether oxygens (including phenoxy) is 1. The number of anilines is 1. The van der Waals surface area contributed by atoms with Crippen molar-refractivity contribution in [3.63, 3.8) is 0 Å². The van der Waals surface area contributed by atoms with E-state index in [9.17, 15) is 14.0 Å². The molecule has 6 heteroatoms. The van der Waals surface area contributed by atoms with Gasteiger partial charge in [0.15, 0.2) is 0 Å². The van der Waals surface area contributed by atoms with Crippen molar-refractivity contribution in [1.29, 1.82) is 0 Å². The Bertz CT molecular complexity index is 907. The zero-order valence-electron chi connectivity index (χ0n) is 16.5. The molecular weight excluding hydrogens is 371 g/mol. The average Bonchev–Trinajstić information content (AvgIpc) is 3.09. The molecule has 1 spiro atoms. The van der Waals surface area contributed by atoms with Crippen molar-refractivity contribution in [3.05, 3.63) is 65.5 Å². The van der Waals surface area contributed by atoms with Crippen molar-refractivity contribution < 1.29 is 18.7 Å². The number of aryl methyl sites for hydroxylation is 1. The maximum absolute atomic E-state index is 13.2. The van der Waals surface area contributed by atoms with E-state index in [-0.39, 0.29) is 29.0 Å². The van der Waals surface area contributed by atoms with Gasteiger partial charge in [0, 0.05) is 43.0 Å². The molecule has 29 heavy (non-hydrogen) atoms. The molecular formula is C23H25FN2O3. The molecule has 2 aliphatic heterocycles. The molecule has 2 aromatic carbocycles. The molecule has 2 heterocycles. The molecule has 1 unspecified atom stereocenters. The summed E-state index contributed by atoms with van der Waals surface area (Å²) in [6.45, 7) is 4.02. The van der Waals surface area contributed by atoms with E-state index >= 15 is 0 Å². The highest BCUT2D eigenvalue weighted by molar-refractivity contribution is 5.98.